The number of carbonyl (C=O) groups excluding carboxylic acids is 1. The van der Waals surface area contributed by atoms with Crippen LogP contribution in [0.15, 0.2) is 67.1 Å². The molecule has 1 aliphatic rings. The molecule has 0 spiro atoms. The fraction of sp³-hybridized carbons (Fsp3) is 0.200. The minimum absolute atomic E-state index is 0.0534. The van der Waals surface area contributed by atoms with Crippen LogP contribution in [0.25, 0.3) is 56.1 Å². The van der Waals surface area contributed by atoms with E-state index in [0.29, 0.717) is 34.1 Å². The molecule has 40 heavy (non-hydrogen) atoms. The fourth-order valence-corrected chi connectivity index (χ4v) is 5.38. The Bertz CT molecular complexity index is 1850. The van der Waals surface area contributed by atoms with Gasteiger partial charge in [0.2, 0.25) is 5.91 Å². The van der Waals surface area contributed by atoms with E-state index in [1.807, 2.05) is 24.3 Å². The summed E-state index contributed by atoms with van der Waals surface area (Å²) in [6.07, 6.45) is 10.3. The van der Waals surface area contributed by atoms with E-state index in [2.05, 4.69) is 35.5 Å². The number of anilines is 1. The molecule has 1 amide bonds. The second-order valence-electron chi connectivity index (χ2n) is 10.1. The van der Waals surface area contributed by atoms with Crippen molar-refractivity contribution < 1.29 is 9.18 Å². The lowest BCUT2D eigenvalue weighted by atomic mass is 9.88. The third-order valence-corrected chi connectivity index (χ3v) is 7.46. The van der Waals surface area contributed by atoms with Crippen LogP contribution in [0.2, 0.25) is 0 Å². The molecule has 198 valence electrons. The number of halogens is 1. The summed E-state index contributed by atoms with van der Waals surface area (Å²) >= 11 is 0. The van der Waals surface area contributed by atoms with Crippen molar-refractivity contribution in [1.29, 1.82) is 0 Å². The zero-order chi connectivity index (χ0) is 27.1. The van der Waals surface area contributed by atoms with Crippen LogP contribution in [-0.2, 0) is 4.79 Å². The number of fused-ring (bicyclic) bond motifs is 2. The van der Waals surface area contributed by atoms with E-state index in [-0.39, 0.29) is 17.6 Å². The second-order valence-corrected chi connectivity index (χ2v) is 10.1. The number of H-pyrrole nitrogens is 2. The van der Waals surface area contributed by atoms with Gasteiger partial charge in [0.05, 0.1) is 28.6 Å². The maximum absolute atomic E-state index is 13.5. The maximum atomic E-state index is 13.5. The number of pyridine rings is 3. The zero-order valence-electron chi connectivity index (χ0n) is 21.5. The molecule has 0 radical (unpaired) electrons. The van der Waals surface area contributed by atoms with Crippen LogP contribution in [0, 0.1) is 11.7 Å². The first-order valence-corrected chi connectivity index (χ1v) is 13.3. The van der Waals surface area contributed by atoms with E-state index < -0.39 is 0 Å². The highest BCUT2D eigenvalue weighted by Gasteiger charge is 2.22. The third kappa shape index (κ3) is 4.47. The highest BCUT2D eigenvalue weighted by atomic mass is 19.1. The normalized spacial score (nSPS) is 14.1. The summed E-state index contributed by atoms with van der Waals surface area (Å²) in [5.41, 5.74) is 7.01. The Balaban J connectivity index is 1.22. The number of nitrogens with zero attached hydrogens (tertiary/aromatic N) is 5. The molecule has 0 saturated heterocycles. The minimum Gasteiger partial charge on any atom is -0.335 e. The van der Waals surface area contributed by atoms with Crippen molar-refractivity contribution in [3.8, 4) is 33.9 Å². The lowest BCUT2D eigenvalue weighted by Gasteiger charge is -2.20. The lowest BCUT2D eigenvalue weighted by Crippen LogP contribution is -2.24. The molecule has 0 bridgehead atoms. The summed E-state index contributed by atoms with van der Waals surface area (Å²) in [5.74, 6) is 0.330. The SMILES string of the molecule is O=C(Nc1cncc(-c2ccc3[nH]nc(-c4nc5nccc(-c6ccc(F)cc6)c5[nH]4)c3n2)c1)C1CCCCC1. The third-order valence-electron chi connectivity index (χ3n) is 7.46. The van der Waals surface area contributed by atoms with E-state index in [1.54, 1.807) is 30.7 Å². The Kier molecular flexibility index (Phi) is 5.99. The smallest absolute Gasteiger partial charge is 0.227 e. The van der Waals surface area contributed by atoms with E-state index in [9.17, 15) is 9.18 Å². The monoisotopic (exact) mass is 532 g/mol. The van der Waals surface area contributed by atoms with E-state index >= 15 is 0 Å². The minimum atomic E-state index is -0.295. The molecule has 0 aliphatic heterocycles. The summed E-state index contributed by atoms with van der Waals surface area (Å²) < 4.78 is 13.5. The number of aromatic amines is 2. The Morgan fingerprint density at radius 3 is 2.65 bits per heavy atom. The Labute approximate surface area is 228 Å². The highest BCUT2D eigenvalue weighted by molar-refractivity contribution is 5.95. The van der Waals surface area contributed by atoms with Gasteiger partial charge in [0, 0.05) is 29.4 Å². The molecule has 1 aliphatic carbocycles. The van der Waals surface area contributed by atoms with E-state index in [1.165, 1.54) is 18.6 Å². The van der Waals surface area contributed by atoms with Crippen molar-refractivity contribution >= 4 is 33.8 Å². The molecule has 5 aromatic heterocycles. The van der Waals surface area contributed by atoms with Crippen molar-refractivity contribution in [3.05, 3.63) is 72.9 Å². The predicted molar refractivity (Wildman–Crippen MR) is 151 cm³/mol. The Hall–Kier alpha value is -4.99. The van der Waals surface area contributed by atoms with Gasteiger partial charge in [-0.15, -0.1) is 0 Å². The first-order valence-electron chi connectivity index (χ1n) is 13.3. The molecule has 3 N–H and O–H groups in total. The topological polar surface area (TPSA) is 125 Å². The van der Waals surface area contributed by atoms with Crippen molar-refractivity contribution in [2.24, 2.45) is 5.92 Å². The number of amides is 1. The van der Waals surface area contributed by atoms with Gasteiger partial charge in [-0.05, 0) is 54.8 Å². The molecule has 1 fully saturated rings. The van der Waals surface area contributed by atoms with Crippen LogP contribution >= 0.6 is 0 Å². The Morgan fingerprint density at radius 1 is 0.950 bits per heavy atom. The van der Waals surface area contributed by atoms with Crippen molar-refractivity contribution in [2.75, 3.05) is 5.32 Å². The number of nitrogens with one attached hydrogen (secondary N) is 3. The molecule has 6 aromatic rings. The summed E-state index contributed by atoms with van der Waals surface area (Å²) in [6, 6.07) is 13.9. The van der Waals surface area contributed by atoms with Crippen molar-refractivity contribution in [1.82, 2.24) is 35.1 Å². The molecule has 9 nitrogen and oxygen atoms in total. The number of hydrogen-bond acceptors (Lipinski definition) is 6. The fourth-order valence-electron chi connectivity index (χ4n) is 5.38. The first-order chi connectivity index (χ1) is 19.6. The van der Waals surface area contributed by atoms with Gasteiger partial charge in [-0.25, -0.2) is 19.3 Å². The number of aromatic nitrogens is 7. The summed E-state index contributed by atoms with van der Waals surface area (Å²) in [5, 5.41) is 10.6. The molecule has 1 saturated carbocycles. The number of imidazole rings is 1. The van der Waals surface area contributed by atoms with Crippen LogP contribution in [0.3, 0.4) is 0 Å². The second kappa shape index (κ2) is 9.96. The molecular formula is C30H25FN8O. The van der Waals surface area contributed by atoms with Gasteiger partial charge in [-0.2, -0.15) is 5.10 Å². The van der Waals surface area contributed by atoms with Gasteiger partial charge >= 0.3 is 0 Å². The molecular weight excluding hydrogens is 507 g/mol. The summed E-state index contributed by atoms with van der Waals surface area (Å²) in [4.78, 5) is 34.4. The number of hydrogen-bond donors (Lipinski definition) is 3. The van der Waals surface area contributed by atoms with Gasteiger partial charge in [-0.3, -0.25) is 14.9 Å². The number of carbonyl (C=O) groups is 1. The van der Waals surface area contributed by atoms with Crippen molar-refractivity contribution in [3.63, 3.8) is 0 Å². The summed E-state index contributed by atoms with van der Waals surface area (Å²) in [6.45, 7) is 0. The predicted octanol–water partition coefficient (Wildman–Crippen LogP) is 6.28. The average molecular weight is 533 g/mol. The number of benzene rings is 1. The standard InChI is InChI=1S/C30H25FN8O/c31-20-8-6-17(7-9-20)22-12-13-33-28-25(22)36-29(37-28)27-26-24(38-39-27)11-10-23(35-26)19-14-21(16-32-15-19)34-30(40)18-4-2-1-3-5-18/h6-16,18H,1-5H2,(H,34,40)(H,38,39)(H,33,36,37). The Morgan fingerprint density at radius 2 is 1.80 bits per heavy atom. The van der Waals surface area contributed by atoms with Crippen LogP contribution < -0.4 is 5.32 Å². The largest absolute Gasteiger partial charge is 0.335 e. The van der Waals surface area contributed by atoms with E-state index in [0.717, 1.165) is 53.4 Å². The maximum Gasteiger partial charge on any atom is 0.227 e. The van der Waals surface area contributed by atoms with Gasteiger partial charge < -0.3 is 10.3 Å². The lowest BCUT2D eigenvalue weighted by molar-refractivity contribution is -0.120. The first kappa shape index (κ1) is 24.1. The molecule has 1 aromatic carbocycles. The molecule has 0 atom stereocenters. The van der Waals surface area contributed by atoms with Gasteiger partial charge in [0.25, 0.3) is 0 Å². The molecule has 10 heteroatoms. The average Bonchev–Trinajstić information content (AvgIpc) is 3.62. The van der Waals surface area contributed by atoms with E-state index in [4.69, 9.17) is 4.98 Å². The molecule has 0 unspecified atom stereocenters. The highest BCUT2D eigenvalue weighted by Crippen LogP contribution is 2.32. The van der Waals surface area contributed by atoms with Gasteiger partial charge in [0.1, 0.15) is 11.3 Å². The van der Waals surface area contributed by atoms with Crippen LogP contribution in [0.1, 0.15) is 32.1 Å². The number of rotatable bonds is 5. The molecule has 5 heterocycles. The van der Waals surface area contributed by atoms with Gasteiger partial charge in [0.15, 0.2) is 17.2 Å². The zero-order valence-corrected chi connectivity index (χ0v) is 21.5. The summed E-state index contributed by atoms with van der Waals surface area (Å²) in [7, 11) is 0. The molecule has 7 rings (SSSR count). The van der Waals surface area contributed by atoms with Gasteiger partial charge in [-0.1, -0.05) is 31.4 Å². The quantitative estimate of drug-likeness (QED) is 0.240. The van der Waals surface area contributed by atoms with Crippen LogP contribution in [0.5, 0.6) is 0 Å². The van der Waals surface area contributed by atoms with Crippen molar-refractivity contribution in [2.45, 2.75) is 32.1 Å². The van der Waals surface area contributed by atoms with Crippen LogP contribution in [0.4, 0.5) is 10.1 Å². The van der Waals surface area contributed by atoms with Crippen LogP contribution in [-0.4, -0.2) is 41.0 Å².